The van der Waals surface area contributed by atoms with Gasteiger partial charge in [-0.05, 0) is 12.8 Å². The van der Waals surface area contributed by atoms with Crippen LogP contribution in [0, 0.1) is 5.92 Å². The van der Waals surface area contributed by atoms with Crippen LogP contribution < -0.4 is 11.5 Å². The van der Waals surface area contributed by atoms with Gasteiger partial charge in [-0.3, -0.25) is 0 Å². The van der Waals surface area contributed by atoms with Crippen LogP contribution in [0.25, 0.3) is 0 Å². The molecule has 0 bridgehead atoms. The minimum atomic E-state index is -0.184. The van der Waals surface area contributed by atoms with Crippen molar-refractivity contribution in [3.8, 4) is 0 Å². The van der Waals surface area contributed by atoms with Gasteiger partial charge in [0.15, 0.2) is 0 Å². The average Bonchev–Trinajstić information content (AvgIpc) is 2.55. The summed E-state index contributed by atoms with van der Waals surface area (Å²) in [5.74, 6) is 0.470. The zero-order valence-corrected chi connectivity index (χ0v) is 7.18. The Morgan fingerprint density at radius 3 is 2.73 bits per heavy atom. The number of nitrogens with two attached hydrogens (primary N) is 2. The zero-order valence-electron chi connectivity index (χ0n) is 7.18. The summed E-state index contributed by atoms with van der Waals surface area (Å²) in [6.07, 6.45) is 2.01. The summed E-state index contributed by atoms with van der Waals surface area (Å²) < 4.78 is 5.27. The molecule has 1 rings (SSSR count). The van der Waals surface area contributed by atoms with E-state index < -0.39 is 0 Å². The van der Waals surface area contributed by atoms with Crippen LogP contribution in [-0.2, 0) is 4.74 Å². The third-order valence-corrected chi connectivity index (χ3v) is 2.78. The number of rotatable bonds is 3. The standard InChI is InChI=1S/C8H18N2O/c1-2-8(10,6-9)7-3-4-11-5-7/h7H,2-6,9-10H2,1H3. The van der Waals surface area contributed by atoms with Gasteiger partial charge in [0.05, 0.1) is 6.61 Å². The molecule has 3 nitrogen and oxygen atoms in total. The molecular weight excluding hydrogens is 140 g/mol. The highest BCUT2D eigenvalue weighted by Gasteiger charge is 2.34. The van der Waals surface area contributed by atoms with E-state index in [1.165, 1.54) is 0 Å². The average molecular weight is 158 g/mol. The molecule has 4 N–H and O–H groups in total. The van der Waals surface area contributed by atoms with E-state index in [2.05, 4.69) is 6.92 Å². The lowest BCUT2D eigenvalue weighted by Gasteiger charge is -2.32. The molecule has 1 saturated heterocycles. The number of ether oxygens (including phenoxy) is 1. The minimum Gasteiger partial charge on any atom is -0.381 e. The van der Waals surface area contributed by atoms with Crippen LogP contribution in [0.1, 0.15) is 19.8 Å². The second-order valence-electron chi connectivity index (χ2n) is 3.35. The van der Waals surface area contributed by atoms with Crippen LogP contribution in [0.4, 0.5) is 0 Å². The summed E-state index contributed by atoms with van der Waals surface area (Å²) in [5.41, 5.74) is 11.5. The van der Waals surface area contributed by atoms with Crippen molar-refractivity contribution >= 4 is 0 Å². The summed E-state index contributed by atoms with van der Waals surface area (Å²) in [6.45, 7) is 4.30. The lowest BCUT2D eigenvalue weighted by Crippen LogP contribution is -2.53. The third kappa shape index (κ3) is 1.72. The molecule has 0 amide bonds. The Hall–Kier alpha value is -0.120. The molecule has 1 aliphatic rings. The van der Waals surface area contributed by atoms with E-state index in [-0.39, 0.29) is 5.54 Å². The molecule has 0 aromatic carbocycles. The normalized spacial score (nSPS) is 30.3. The predicted octanol–water partition coefficient (Wildman–Crippen LogP) is 0.0891. The lowest BCUT2D eigenvalue weighted by atomic mass is 9.82. The molecule has 2 atom stereocenters. The molecule has 0 saturated carbocycles. The van der Waals surface area contributed by atoms with E-state index >= 15 is 0 Å². The SMILES string of the molecule is CCC(N)(CN)C1CCOC1. The molecular formula is C8H18N2O. The van der Waals surface area contributed by atoms with Crippen molar-refractivity contribution in [1.29, 1.82) is 0 Å². The Morgan fingerprint density at radius 1 is 1.64 bits per heavy atom. The zero-order chi connectivity index (χ0) is 8.32. The van der Waals surface area contributed by atoms with E-state index in [1.54, 1.807) is 0 Å². The number of hydrogen-bond acceptors (Lipinski definition) is 3. The summed E-state index contributed by atoms with van der Waals surface area (Å²) in [5, 5.41) is 0. The first kappa shape index (κ1) is 8.97. The maximum Gasteiger partial charge on any atom is 0.0513 e. The van der Waals surface area contributed by atoms with Crippen molar-refractivity contribution in [2.24, 2.45) is 17.4 Å². The Morgan fingerprint density at radius 2 is 2.36 bits per heavy atom. The van der Waals surface area contributed by atoms with Crippen LogP contribution in [0.3, 0.4) is 0 Å². The first-order valence-electron chi connectivity index (χ1n) is 4.29. The first-order valence-corrected chi connectivity index (χ1v) is 4.29. The summed E-state index contributed by atoms with van der Waals surface area (Å²) in [6, 6.07) is 0. The highest BCUT2D eigenvalue weighted by Crippen LogP contribution is 2.25. The molecule has 2 unspecified atom stereocenters. The first-order chi connectivity index (χ1) is 5.23. The molecule has 66 valence electrons. The fourth-order valence-corrected chi connectivity index (χ4v) is 1.59. The van der Waals surface area contributed by atoms with Gasteiger partial charge < -0.3 is 16.2 Å². The van der Waals surface area contributed by atoms with Crippen molar-refractivity contribution < 1.29 is 4.74 Å². The van der Waals surface area contributed by atoms with Crippen molar-refractivity contribution in [2.45, 2.75) is 25.3 Å². The molecule has 1 heterocycles. The molecule has 0 spiro atoms. The van der Waals surface area contributed by atoms with E-state index in [0.29, 0.717) is 12.5 Å². The van der Waals surface area contributed by atoms with Gasteiger partial charge in [-0.2, -0.15) is 0 Å². The topological polar surface area (TPSA) is 61.3 Å². The maximum absolute atomic E-state index is 6.10. The second-order valence-corrected chi connectivity index (χ2v) is 3.35. The molecule has 1 fully saturated rings. The van der Waals surface area contributed by atoms with Crippen molar-refractivity contribution in [3.63, 3.8) is 0 Å². The predicted molar refractivity (Wildman–Crippen MR) is 45.2 cm³/mol. The molecule has 3 heteroatoms. The minimum absolute atomic E-state index is 0.184. The van der Waals surface area contributed by atoms with Crippen molar-refractivity contribution in [3.05, 3.63) is 0 Å². The highest BCUT2D eigenvalue weighted by atomic mass is 16.5. The lowest BCUT2D eigenvalue weighted by molar-refractivity contribution is 0.162. The third-order valence-electron chi connectivity index (χ3n) is 2.78. The molecule has 11 heavy (non-hydrogen) atoms. The Bertz CT molecular complexity index is 117. The van der Waals surface area contributed by atoms with Gasteiger partial charge >= 0.3 is 0 Å². The van der Waals surface area contributed by atoms with Gasteiger partial charge in [0.1, 0.15) is 0 Å². The van der Waals surface area contributed by atoms with Gasteiger partial charge in [0, 0.05) is 24.6 Å². The fraction of sp³-hybridized carbons (Fsp3) is 1.00. The van der Waals surface area contributed by atoms with Gasteiger partial charge in [-0.15, -0.1) is 0 Å². The van der Waals surface area contributed by atoms with Gasteiger partial charge in [0.2, 0.25) is 0 Å². The monoisotopic (exact) mass is 158 g/mol. The van der Waals surface area contributed by atoms with E-state index in [9.17, 15) is 0 Å². The summed E-state index contributed by atoms with van der Waals surface area (Å²) in [7, 11) is 0. The highest BCUT2D eigenvalue weighted by molar-refractivity contribution is 4.92. The molecule has 0 aromatic heterocycles. The van der Waals surface area contributed by atoms with Gasteiger partial charge in [-0.25, -0.2) is 0 Å². The quantitative estimate of drug-likeness (QED) is 0.612. The number of hydrogen-bond donors (Lipinski definition) is 2. The Labute approximate surface area is 68.1 Å². The molecule has 0 radical (unpaired) electrons. The van der Waals surface area contributed by atoms with Crippen LogP contribution in [0.15, 0.2) is 0 Å². The molecule has 1 aliphatic heterocycles. The Balaban J connectivity index is 2.52. The van der Waals surface area contributed by atoms with Gasteiger partial charge in [0.25, 0.3) is 0 Å². The molecule has 0 aromatic rings. The van der Waals surface area contributed by atoms with E-state index in [4.69, 9.17) is 16.2 Å². The van der Waals surface area contributed by atoms with E-state index in [1.807, 2.05) is 0 Å². The van der Waals surface area contributed by atoms with Crippen LogP contribution in [0.5, 0.6) is 0 Å². The van der Waals surface area contributed by atoms with Crippen LogP contribution in [0.2, 0.25) is 0 Å². The Kier molecular flexibility index (Phi) is 2.87. The summed E-state index contributed by atoms with van der Waals surface area (Å²) in [4.78, 5) is 0. The smallest absolute Gasteiger partial charge is 0.0513 e. The van der Waals surface area contributed by atoms with Crippen molar-refractivity contribution in [2.75, 3.05) is 19.8 Å². The molecule has 0 aliphatic carbocycles. The second kappa shape index (κ2) is 3.52. The summed E-state index contributed by atoms with van der Waals surface area (Å²) >= 11 is 0. The van der Waals surface area contributed by atoms with Gasteiger partial charge in [-0.1, -0.05) is 6.92 Å². The van der Waals surface area contributed by atoms with Crippen LogP contribution in [-0.4, -0.2) is 25.3 Å². The van der Waals surface area contributed by atoms with Crippen LogP contribution >= 0.6 is 0 Å². The van der Waals surface area contributed by atoms with E-state index in [0.717, 1.165) is 26.1 Å². The maximum atomic E-state index is 6.10. The van der Waals surface area contributed by atoms with Crippen molar-refractivity contribution in [1.82, 2.24) is 0 Å². The largest absolute Gasteiger partial charge is 0.381 e. The fourth-order valence-electron chi connectivity index (χ4n) is 1.59.